The van der Waals surface area contributed by atoms with Crippen molar-refractivity contribution in [1.29, 1.82) is 5.26 Å². The monoisotopic (exact) mass is 245 g/mol. The molecule has 0 radical (unpaired) electrons. The van der Waals surface area contributed by atoms with Crippen molar-refractivity contribution in [1.82, 2.24) is 0 Å². The summed E-state index contributed by atoms with van der Waals surface area (Å²) in [6, 6.07) is 9.12. The van der Waals surface area contributed by atoms with Gasteiger partial charge in [-0.15, -0.1) is 0 Å². The zero-order valence-electron chi connectivity index (χ0n) is 10.9. The minimum Gasteiger partial charge on any atom is -0.330 e. The molecule has 4 nitrogen and oxygen atoms in total. The standard InChI is InChI=1S/C14H19N3O/c1-11(5-4-8-15)14(18)17(2)13-7-3-6-12(9-13)10-16/h3,6-7,9,11H,4-5,8,15H2,1-2H3. The van der Waals surface area contributed by atoms with Crippen LogP contribution < -0.4 is 10.6 Å². The highest BCUT2D eigenvalue weighted by Gasteiger charge is 2.18. The lowest BCUT2D eigenvalue weighted by atomic mass is 10.0. The molecule has 1 unspecified atom stereocenters. The number of benzene rings is 1. The topological polar surface area (TPSA) is 70.1 Å². The van der Waals surface area contributed by atoms with Gasteiger partial charge in [-0.05, 0) is 37.6 Å². The average Bonchev–Trinajstić information content (AvgIpc) is 2.43. The number of amides is 1. The van der Waals surface area contributed by atoms with Crippen LogP contribution in [-0.2, 0) is 4.79 Å². The zero-order chi connectivity index (χ0) is 13.5. The molecule has 0 aliphatic heterocycles. The molecule has 0 saturated heterocycles. The molecule has 18 heavy (non-hydrogen) atoms. The first kappa shape index (κ1) is 14.2. The van der Waals surface area contributed by atoms with Crippen LogP contribution in [0.4, 0.5) is 5.69 Å². The highest BCUT2D eigenvalue weighted by Crippen LogP contribution is 2.18. The van der Waals surface area contributed by atoms with E-state index in [9.17, 15) is 4.79 Å². The molecule has 96 valence electrons. The van der Waals surface area contributed by atoms with Crippen molar-refractivity contribution in [2.45, 2.75) is 19.8 Å². The highest BCUT2D eigenvalue weighted by molar-refractivity contribution is 5.94. The smallest absolute Gasteiger partial charge is 0.229 e. The molecule has 0 spiro atoms. The van der Waals surface area contributed by atoms with E-state index in [0.29, 0.717) is 12.1 Å². The van der Waals surface area contributed by atoms with Crippen molar-refractivity contribution >= 4 is 11.6 Å². The van der Waals surface area contributed by atoms with Gasteiger partial charge in [0.15, 0.2) is 0 Å². The number of carbonyl (C=O) groups is 1. The summed E-state index contributed by atoms with van der Waals surface area (Å²) in [5.41, 5.74) is 6.75. The third-order valence-corrected chi connectivity index (χ3v) is 2.96. The van der Waals surface area contributed by atoms with Gasteiger partial charge in [0.1, 0.15) is 0 Å². The van der Waals surface area contributed by atoms with Crippen LogP contribution in [-0.4, -0.2) is 19.5 Å². The number of carbonyl (C=O) groups excluding carboxylic acids is 1. The third kappa shape index (κ3) is 3.57. The van der Waals surface area contributed by atoms with Crippen LogP contribution in [0.5, 0.6) is 0 Å². The van der Waals surface area contributed by atoms with Crippen LogP contribution in [0.3, 0.4) is 0 Å². The average molecular weight is 245 g/mol. The quantitative estimate of drug-likeness (QED) is 0.861. The molecule has 1 atom stereocenters. The van der Waals surface area contributed by atoms with Crippen molar-refractivity contribution in [3.63, 3.8) is 0 Å². The minimum atomic E-state index is -0.0516. The van der Waals surface area contributed by atoms with Gasteiger partial charge in [0, 0.05) is 18.7 Å². The molecule has 0 aliphatic carbocycles. The molecular formula is C14H19N3O. The number of hydrogen-bond acceptors (Lipinski definition) is 3. The summed E-state index contributed by atoms with van der Waals surface area (Å²) in [7, 11) is 1.73. The number of rotatable bonds is 5. The van der Waals surface area contributed by atoms with E-state index < -0.39 is 0 Å². The summed E-state index contributed by atoms with van der Waals surface area (Å²) >= 11 is 0. The van der Waals surface area contributed by atoms with Crippen LogP contribution in [0.15, 0.2) is 24.3 Å². The predicted molar refractivity (Wildman–Crippen MR) is 72.0 cm³/mol. The molecule has 1 aromatic carbocycles. The van der Waals surface area contributed by atoms with Crippen LogP contribution in [0.25, 0.3) is 0 Å². The minimum absolute atomic E-state index is 0.0516. The summed E-state index contributed by atoms with van der Waals surface area (Å²) in [6.07, 6.45) is 1.64. The Morgan fingerprint density at radius 2 is 2.28 bits per heavy atom. The normalized spacial score (nSPS) is 11.7. The van der Waals surface area contributed by atoms with E-state index in [1.807, 2.05) is 13.0 Å². The second-order valence-corrected chi connectivity index (χ2v) is 4.39. The van der Waals surface area contributed by atoms with E-state index in [1.165, 1.54) is 0 Å². The van der Waals surface area contributed by atoms with Crippen molar-refractivity contribution in [3.05, 3.63) is 29.8 Å². The Morgan fingerprint density at radius 3 is 2.89 bits per heavy atom. The SMILES string of the molecule is CC(CCCN)C(=O)N(C)c1cccc(C#N)c1. The Labute approximate surface area is 108 Å². The van der Waals surface area contributed by atoms with Crippen molar-refractivity contribution in [2.75, 3.05) is 18.5 Å². The van der Waals surface area contributed by atoms with Gasteiger partial charge in [-0.1, -0.05) is 13.0 Å². The molecule has 0 aliphatic rings. The zero-order valence-corrected chi connectivity index (χ0v) is 10.9. The van der Waals surface area contributed by atoms with Crippen molar-refractivity contribution in [2.24, 2.45) is 11.7 Å². The summed E-state index contributed by atoms with van der Waals surface area (Å²) in [6.45, 7) is 2.51. The van der Waals surface area contributed by atoms with E-state index in [0.717, 1.165) is 18.5 Å². The highest BCUT2D eigenvalue weighted by atomic mass is 16.2. The largest absolute Gasteiger partial charge is 0.330 e. The van der Waals surface area contributed by atoms with E-state index in [4.69, 9.17) is 11.0 Å². The van der Waals surface area contributed by atoms with Gasteiger partial charge in [-0.25, -0.2) is 0 Å². The molecule has 1 amide bonds. The van der Waals surface area contributed by atoms with Gasteiger partial charge in [-0.3, -0.25) is 4.79 Å². The molecular weight excluding hydrogens is 226 g/mol. The fourth-order valence-corrected chi connectivity index (χ4v) is 1.79. The molecule has 4 heteroatoms. The third-order valence-electron chi connectivity index (χ3n) is 2.96. The molecule has 0 bridgehead atoms. The predicted octanol–water partition coefficient (Wildman–Crippen LogP) is 1.90. The number of nitriles is 1. The summed E-state index contributed by atoms with van der Waals surface area (Å²) in [4.78, 5) is 13.8. The number of nitrogens with two attached hydrogens (primary N) is 1. The van der Waals surface area contributed by atoms with Crippen LogP contribution in [0, 0.1) is 17.2 Å². The summed E-state index contributed by atoms with van der Waals surface area (Å²) < 4.78 is 0. The van der Waals surface area contributed by atoms with Crippen LogP contribution in [0.2, 0.25) is 0 Å². The molecule has 2 N–H and O–H groups in total. The Balaban J connectivity index is 2.76. The van der Waals surface area contributed by atoms with E-state index in [1.54, 1.807) is 30.1 Å². The second-order valence-electron chi connectivity index (χ2n) is 4.39. The van der Waals surface area contributed by atoms with Gasteiger partial charge >= 0.3 is 0 Å². The van der Waals surface area contributed by atoms with E-state index in [-0.39, 0.29) is 11.8 Å². The molecule has 0 fully saturated rings. The van der Waals surface area contributed by atoms with Crippen LogP contribution >= 0.6 is 0 Å². The van der Waals surface area contributed by atoms with Gasteiger partial charge in [0.05, 0.1) is 11.6 Å². The Hall–Kier alpha value is -1.86. The maximum Gasteiger partial charge on any atom is 0.229 e. The Kier molecular flexibility index (Phi) is 5.34. The van der Waals surface area contributed by atoms with Gasteiger partial charge in [0.25, 0.3) is 0 Å². The van der Waals surface area contributed by atoms with Crippen molar-refractivity contribution in [3.8, 4) is 6.07 Å². The van der Waals surface area contributed by atoms with Crippen molar-refractivity contribution < 1.29 is 4.79 Å². The molecule has 1 rings (SSSR count). The van der Waals surface area contributed by atoms with E-state index >= 15 is 0 Å². The number of hydrogen-bond donors (Lipinski definition) is 1. The van der Waals surface area contributed by atoms with Crippen LogP contribution in [0.1, 0.15) is 25.3 Å². The first-order valence-corrected chi connectivity index (χ1v) is 6.08. The van der Waals surface area contributed by atoms with Gasteiger partial charge in [-0.2, -0.15) is 5.26 Å². The lowest BCUT2D eigenvalue weighted by Crippen LogP contribution is -2.31. The fraction of sp³-hybridized carbons (Fsp3) is 0.429. The maximum absolute atomic E-state index is 12.2. The van der Waals surface area contributed by atoms with Gasteiger partial charge in [0.2, 0.25) is 5.91 Å². The first-order valence-electron chi connectivity index (χ1n) is 6.08. The molecule has 0 heterocycles. The second kappa shape index (κ2) is 6.77. The molecule has 1 aromatic rings. The lowest BCUT2D eigenvalue weighted by Gasteiger charge is -2.21. The van der Waals surface area contributed by atoms with Gasteiger partial charge < -0.3 is 10.6 Å². The lowest BCUT2D eigenvalue weighted by molar-refractivity contribution is -0.121. The maximum atomic E-state index is 12.2. The number of anilines is 1. The summed E-state index contributed by atoms with van der Waals surface area (Å²) in [5.74, 6) is 0.00262. The Morgan fingerprint density at radius 1 is 1.56 bits per heavy atom. The van der Waals surface area contributed by atoms with E-state index in [2.05, 4.69) is 6.07 Å². The fourth-order valence-electron chi connectivity index (χ4n) is 1.79. The molecule has 0 aromatic heterocycles. The number of nitrogens with zero attached hydrogens (tertiary/aromatic N) is 2. The summed E-state index contributed by atoms with van der Waals surface area (Å²) in [5, 5.41) is 8.84. The molecule has 0 saturated carbocycles. The first-order chi connectivity index (χ1) is 8.60. The Bertz CT molecular complexity index is 451.